The molecule has 102 valence electrons. The maximum Gasteiger partial charge on any atom is 0.0625 e. The first-order valence-electron chi connectivity index (χ1n) is 7.44. The Kier molecular flexibility index (Phi) is 4.44. The van der Waals surface area contributed by atoms with Gasteiger partial charge in [0.2, 0.25) is 0 Å². The predicted molar refractivity (Wildman–Crippen MR) is 75.3 cm³/mol. The number of hydrogen-bond donors (Lipinski definition) is 1. The van der Waals surface area contributed by atoms with E-state index >= 15 is 0 Å². The van der Waals surface area contributed by atoms with Crippen LogP contribution in [0.3, 0.4) is 0 Å². The van der Waals surface area contributed by atoms with Crippen LogP contribution in [0.25, 0.3) is 0 Å². The summed E-state index contributed by atoms with van der Waals surface area (Å²) in [4.78, 5) is 0. The molecule has 0 saturated heterocycles. The average molecular weight is 249 g/mol. The molecule has 18 heavy (non-hydrogen) atoms. The summed E-state index contributed by atoms with van der Waals surface area (Å²) in [6, 6.07) is 2.36. The third kappa shape index (κ3) is 2.77. The number of aromatic nitrogens is 2. The summed E-state index contributed by atoms with van der Waals surface area (Å²) in [5.41, 5.74) is 8.87. The molecule has 1 saturated carbocycles. The van der Waals surface area contributed by atoms with Crippen molar-refractivity contribution in [3.8, 4) is 0 Å². The highest BCUT2D eigenvalue weighted by Gasteiger charge is 2.28. The number of nitrogens with two attached hydrogens (primary N) is 1. The summed E-state index contributed by atoms with van der Waals surface area (Å²) >= 11 is 0. The SMILES string of the molecule is CCc1cc(C(N)C2CCCC(CC)C2)n(C)n1. The van der Waals surface area contributed by atoms with E-state index in [4.69, 9.17) is 5.73 Å². The van der Waals surface area contributed by atoms with Crippen LogP contribution in [-0.2, 0) is 13.5 Å². The first kappa shape index (κ1) is 13.6. The van der Waals surface area contributed by atoms with Gasteiger partial charge in [-0.25, -0.2) is 0 Å². The van der Waals surface area contributed by atoms with Crippen LogP contribution in [0, 0.1) is 11.8 Å². The third-order valence-corrected chi connectivity index (χ3v) is 4.58. The summed E-state index contributed by atoms with van der Waals surface area (Å²) in [7, 11) is 2.02. The number of nitrogens with zero attached hydrogens (tertiary/aromatic N) is 2. The van der Waals surface area contributed by atoms with Gasteiger partial charge in [-0.3, -0.25) is 4.68 Å². The molecular weight excluding hydrogens is 222 g/mol. The van der Waals surface area contributed by atoms with Crippen molar-refractivity contribution >= 4 is 0 Å². The maximum absolute atomic E-state index is 6.49. The molecule has 0 aliphatic heterocycles. The van der Waals surface area contributed by atoms with Crippen molar-refractivity contribution in [2.24, 2.45) is 24.6 Å². The summed E-state index contributed by atoms with van der Waals surface area (Å²) in [6.07, 6.45) is 7.60. The standard InChI is InChI=1S/C15H27N3/c1-4-11-7-6-8-12(9-11)15(16)14-10-13(5-2)17-18(14)3/h10-12,15H,4-9,16H2,1-3H3. The summed E-state index contributed by atoms with van der Waals surface area (Å²) in [5, 5.41) is 4.52. The van der Waals surface area contributed by atoms with Gasteiger partial charge in [0.05, 0.1) is 11.4 Å². The highest BCUT2D eigenvalue weighted by molar-refractivity contribution is 5.15. The minimum Gasteiger partial charge on any atom is -0.322 e. The fourth-order valence-corrected chi connectivity index (χ4v) is 3.30. The fraction of sp³-hybridized carbons (Fsp3) is 0.800. The van der Waals surface area contributed by atoms with Gasteiger partial charge in [-0.2, -0.15) is 5.10 Å². The predicted octanol–water partition coefficient (Wildman–Crippen LogP) is 3.20. The maximum atomic E-state index is 6.49. The molecule has 1 fully saturated rings. The fourth-order valence-electron chi connectivity index (χ4n) is 3.30. The molecule has 1 aliphatic carbocycles. The largest absolute Gasteiger partial charge is 0.322 e. The molecule has 0 spiro atoms. The van der Waals surface area contributed by atoms with Crippen molar-refractivity contribution in [1.29, 1.82) is 0 Å². The zero-order chi connectivity index (χ0) is 13.1. The van der Waals surface area contributed by atoms with Gasteiger partial charge in [0.25, 0.3) is 0 Å². The zero-order valence-corrected chi connectivity index (χ0v) is 12.0. The molecule has 1 aromatic heterocycles. The second-order valence-corrected chi connectivity index (χ2v) is 5.76. The Morgan fingerprint density at radius 3 is 2.83 bits per heavy atom. The lowest BCUT2D eigenvalue weighted by molar-refractivity contribution is 0.226. The van der Waals surface area contributed by atoms with Crippen LogP contribution in [0.5, 0.6) is 0 Å². The lowest BCUT2D eigenvalue weighted by Gasteiger charge is -2.32. The topological polar surface area (TPSA) is 43.8 Å². The number of aryl methyl sites for hydroxylation is 2. The Labute approximate surface area is 111 Å². The van der Waals surface area contributed by atoms with Crippen molar-refractivity contribution in [2.45, 2.75) is 58.4 Å². The highest BCUT2D eigenvalue weighted by Crippen LogP contribution is 2.37. The minimum atomic E-state index is 0.164. The van der Waals surface area contributed by atoms with Crippen LogP contribution in [0.2, 0.25) is 0 Å². The van der Waals surface area contributed by atoms with E-state index in [1.807, 2.05) is 11.7 Å². The molecule has 1 aliphatic rings. The second-order valence-electron chi connectivity index (χ2n) is 5.76. The van der Waals surface area contributed by atoms with Crippen molar-refractivity contribution in [3.63, 3.8) is 0 Å². The molecule has 0 bridgehead atoms. The van der Waals surface area contributed by atoms with Gasteiger partial charge in [0, 0.05) is 13.1 Å². The first-order chi connectivity index (χ1) is 8.65. The van der Waals surface area contributed by atoms with Gasteiger partial charge < -0.3 is 5.73 Å². The molecule has 1 heterocycles. The van der Waals surface area contributed by atoms with Gasteiger partial charge in [-0.05, 0) is 37.2 Å². The lowest BCUT2D eigenvalue weighted by atomic mass is 9.76. The monoisotopic (exact) mass is 249 g/mol. The lowest BCUT2D eigenvalue weighted by Crippen LogP contribution is -2.28. The Hall–Kier alpha value is -0.830. The van der Waals surface area contributed by atoms with E-state index in [0.29, 0.717) is 5.92 Å². The molecule has 0 amide bonds. The molecule has 3 nitrogen and oxygen atoms in total. The quantitative estimate of drug-likeness (QED) is 0.890. The van der Waals surface area contributed by atoms with E-state index in [1.54, 1.807) is 0 Å². The van der Waals surface area contributed by atoms with Gasteiger partial charge in [-0.1, -0.05) is 33.1 Å². The summed E-state index contributed by atoms with van der Waals surface area (Å²) < 4.78 is 1.99. The van der Waals surface area contributed by atoms with E-state index in [-0.39, 0.29) is 6.04 Å². The van der Waals surface area contributed by atoms with Crippen LogP contribution in [-0.4, -0.2) is 9.78 Å². The molecule has 0 aromatic carbocycles. The summed E-state index contributed by atoms with van der Waals surface area (Å²) in [5.74, 6) is 1.53. The Balaban J connectivity index is 2.09. The third-order valence-electron chi connectivity index (χ3n) is 4.58. The second kappa shape index (κ2) is 5.87. The average Bonchev–Trinajstić information content (AvgIpc) is 2.79. The van der Waals surface area contributed by atoms with Crippen molar-refractivity contribution in [2.75, 3.05) is 0 Å². The van der Waals surface area contributed by atoms with Crippen LogP contribution in [0.15, 0.2) is 6.07 Å². The van der Waals surface area contributed by atoms with E-state index in [2.05, 4.69) is 25.0 Å². The van der Waals surface area contributed by atoms with Gasteiger partial charge in [0.1, 0.15) is 0 Å². The number of rotatable bonds is 4. The van der Waals surface area contributed by atoms with Crippen LogP contribution in [0.1, 0.15) is 63.4 Å². The molecule has 3 heteroatoms. The van der Waals surface area contributed by atoms with E-state index in [0.717, 1.165) is 18.0 Å². The van der Waals surface area contributed by atoms with Crippen LogP contribution in [0.4, 0.5) is 0 Å². The zero-order valence-electron chi connectivity index (χ0n) is 12.0. The minimum absolute atomic E-state index is 0.164. The molecular formula is C15H27N3. The Morgan fingerprint density at radius 1 is 1.44 bits per heavy atom. The van der Waals surface area contributed by atoms with Gasteiger partial charge >= 0.3 is 0 Å². The van der Waals surface area contributed by atoms with Gasteiger partial charge in [0.15, 0.2) is 0 Å². The molecule has 3 atom stereocenters. The van der Waals surface area contributed by atoms with Crippen molar-refractivity contribution < 1.29 is 0 Å². The summed E-state index contributed by atoms with van der Waals surface area (Å²) in [6.45, 7) is 4.45. The molecule has 2 N–H and O–H groups in total. The van der Waals surface area contributed by atoms with Crippen molar-refractivity contribution in [1.82, 2.24) is 9.78 Å². The smallest absolute Gasteiger partial charge is 0.0625 e. The molecule has 1 aromatic rings. The first-order valence-corrected chi connectivity index (χ1v) is 7.44. The Morgan fingerprint density at radius 2 is 2.22 bits per heavy atom. The van der Waals surface area contributed by atoms with E-state index < -0.39 is 0 Å². The van der Waals surface area contributed by atoms with E-state index in [1.165, 1.54) is 37.8 Å². The molecule has 3 unspecified atom stereocenters. The number of hydrogen-bond acceptors (Lipinski definition) is 2. The molecule has 2 rings (SSSR count). The van der Waals surface area contributed by atoms with Crippen LogP contribution >= 0.6 is 0 Å². The Bertz CT molecular complexity index is 383. The highest BCUT2D eigenvalue weighted by atomic mass is 15.3. The van der Waals surface area contributed by atoms with Crippen molar-refractivity contribution in [3.05, 3.63) is 17.5 Å². The van der Waals surface area contributed by atoms with Gasteiger partial charge in [-0.15, -0.1) is 0 Å². The van der Waals surface area contributed by atoms with E-state index in [9.17, 15) is 0 Å². The molecule has 0 radical (unpaired) electrons. The normalized spacial score (nSPS) is 26.2. The van der Waals surface area contributed by atoms with Crippen LogP contribution < -0.4 is 5.73 Å².